The monoisotopic (exact) mass is 295 g/mol. The van der Waals surface area contributed by atoms with Crippen LogP contribution in [0.1, 0.15) is 5.82 Å². The quantitative estimate of drug-likeness (QED) is 0.380. The molecule has 0 radical (unpaired) electrons. The average molecular weight is 295 g/mol. The van der Waals surface area contributed by atoms with Gasteiger partial charge in [0.2, 0.25) is 5.82 Å². The van der Waals surface area contributed by atoms with E-state index in [0.717, 1.165) is 6.20 Å². The number of aromatic nitrogens is 2. The van der Waals surface area contributed by atoms with Gasteiger partial charge >= 0.3 is 12.0 Å². The van der Waals surface area contributed by atoms with Crippen molar-refractivity contribution in [3.8, 4) is 5.75 Å². The zero-order valence-electron chi connectivity index (χ0n) is 11.0. The molecule has 1 heterocycles. The molecule has 2 aromatic rings. The third-order valence-corrected chi connectivity index (χ3v) is 2.34. The summed E-state index contributed by atoms with van der Waals surface area (Å²) in [5.41, 5.74) is 0. The Balaban J connectivity index is 0.000000211. The van der Waals surface area contributed by atoms with Crippen molar-refractivity contribution in [3.63, 3.8) is 0 Å². The standard InChI is InChI=1S/C7H6O3.C5H7N3O3/c8-7(9)10-6-4-2-1-3-5-6;1-7-4(3-9)6-2-5(7)8(10)11/h1-5H,(H,8,9);2,9H,3H2,1H3. The molecule has 1 aromatic carbocycles. The molecule has 2 N–H and O–H groups in total. The number of aliphatic hydroxyl groups excluding tert-OH is 1. The summed E-state index contributed by atoms with van der Waals surface area (Å²) in [5.74, 6) is 0.515. The minimum atomic E-state index is -1.29. The maximum Gasteiger partial charge on any atom is 0.511 e. The number of aliphatic hydroxyl groups is 1. The van der Waals surface area contributed by atoms with Crippen molar-refractivity contribution in [2.24, 2.45) is 7.05 Å². The predicted octanol–water partition coefficient (Wildman–Crippen LogP) is 1.56. The Hall–Kier alpha value is -2.94. The molecule has 9 heteroatoms. The summed E-state index contributed by atoms with van der Waals surface area (Å²) >= 11 is 0. The number of ether oxygens (including phenoxy) is 1. The normalized spacial score (nSPS) is 9.43. The largest absolute Gasteiger partial charge is 0.511 e. The van der Waals surface area contributed by atoms with Gasteiger partial charge in [-0.3, -0.25) is 0 Å². The lowest BCUT2D eigenvalue weighted by Crippen LogP contribution is -2.02. The van der Waals surface area contributed by atoms with E-state index < -0.39 is 11.1 Å². The molecule has 1 aromatic heterocycles. The van der Waals surface area contributed by atoms with Crippen LogP contribution in [0.15, 0.2) is 36.5 Å². The fourth-order valence-corrected chi connectivity index (χ4v) is 1.34. The predicted molar refractivity (Wildman–Crippen MR) is 70.9 cm³/mol. The first-order valence-corrected chi connectivity index (χ1v) is 5.67. The zero-order chi connectivity index (χ0) is 15.8. The third-order valence-electron chi connectivity index (χ3n) is 2.34. The number of benzene rings is 1. The summed E-state index contributed by atoms with van der Waals surface area (Å²) in [7, 11) is 1.48. The number of hydrogen-bond donors (Lipinski definition) is 2. The molecule has 112 valence electrons. The molecule has 0 unspecified atom stereocenters. The van der Waals surface area contributed by atoms with E-state index in [-0.39, 0.29) is 18.2 Å². The molecule has 9 nitrogen and oxygen atoms in total. The van der Waals surface area contributed by atoms with Crippen molar-refractivity contribution in [3.05, 3.63) is 52.5 Å². The van der Waals surface area contributed by atoms with Crippen LogP contribution >= 0.6 is 0 Å². The van der Waals surface area contributed by atoms with E-state index in [1.807, 2.05) is 0 Å². The number of carboxylic acid groups (broad SMARTS) is 1. The second-order valence-electron chi connectivity index (χ2n) is 3.69. The number of imidazole rings is 1. The highest BCUT2D eigenvalue weighted by atomic mass is 16.7. The minimum absolute atomic E-state index is 0.117. The van der Waals surface area contributed by atoms with Gasteiger partial charge in [0.1, 0.15) is 18.6 Å². The minimum Gasteiger partial charge on any atom is -0.449 e. The second-order valence-corrected chi connectivity index (χ2v) is 3.69. The maximum absolute atomic E-state index is 10.2. The van der Waals surface area contributed by atoms with Crippen LogP contribution in [0.2, 0.25) is 0 Å². The van der Waals surface area contributed by atoms with Gasteiger partial charge in [0.15, 0.2) is 0 Å². The molecule has 2 rings (SSSR count). The maximum atomic E-state index is 10.2. The van der Waals surface area contributed by atoms with Crippen molar-refractivity contribution in [1.29, 1.82) is 0 Å². The summed E-state index contributed by atoms with van der Waals surface area (Å²) in [4.78, 5) is 23.2. The van der Waals surface area contributed by atoms with Crippen LogP contribution < -0.4 is 4.74 Å². The Morgan fingerprint density at radius 2 is 2.05 bits per heavy atom. The lowest BCUT2D eigenvalue weighted by Gasteiger charge is -1.95. The van der Waals surface area contributed by atoms with Gasteiger partial charge in [-0.2, -0.15) is 0 Å². The molecule has 0 aliphatic carbocycles. The first-order valence-electron chi connectivity index (χ1n) is 5.67. The Morgan fingerprint density at radius 1 is 1.43 bits per heavy atom. The van der Waals surface area contributed by atoms with E-state index in [2.05, 4.69) is 9.72 Å². The highest BCUT2D eigenvalue weighted by Gasteiger charge is 2.14. The van der Waals surface area contributed by atoms with E-state index in [9.17, 15) is 14.9 Å². The van der Waals surface area contributed by atoms with Gasteiger partial charge < -0.3 is 25.1 Å². The summed E-state index contributed by atoms with van der Waals surface area (Å²) in [6, 6.07) is 8.35. The van der Waals surface area contributed by atoms with E-state index in [1.165, 1.54) is 11.6 Å². The fourth-order valence-electron chi connectivity index (χ4n) is 1.34. The summed E-state index contributed by atoms with van der Waals surface area (Å²) < 4.78 is 5.57. The number of hydrogen-bond acceptors (Lipinski definition) is 6. The Bertz CT molecular complexity index is 611. The zero-order valence-corrected chi connectivity index (χ0v) is 11.0. The molecular formula is C12H13N3O6. The van der Waals surface area contributed by atoms with Gasteiger partial charge in [-0.1, -0.05) is 18.2 Å². The van der Waals surface area contributed by atoms with Gasteiger partial charge in [0.25, 0.3) is 0 Å². The topological polar surface area (TPSA) is 128 Å². The molecule has 0 spiro atoms. The molecule has 0 saturated heterocycles. The molecular weight excluding hydrogens is 282 g/mol. The van der Waals surface area contributed by atoms with Crippen LogP contribution in [-0.4, -0.2) is 30.8 Å². The first-order chi connectivity index (χ1) is 9.95. The van der Waals surface area contributed by atoms with Crippen LogP contribution in [0, 0.1) is 10.1 Å². The highest BCUT2D eigenvalue weighted by Crippen LogP contribution is 2.10. The lowest BCUT2D eigenvalue weighted by atomic mass is 10.3. The number of para-hydroxylation sites is 1. The van der Waals surface area contributed by atoms with Crippen molar-refractivity contribution in [2.45, 2.75) is 6.61 Å². The second kappa shape index (κ2) is 7.60. The molecule has 0 bridgehead atoms. The molecule has 0 atom stereocenters. The molecule has 0 aliphatic heterocycles. The van der Waals surface area contributed by atoms with Crippen molar-refractivity contribution in [2.75, 3.05) is 0 Å². The summed E-state index contributed by atoms with van der Waals surface area (Å²) in [5, 5.41) is 27.0. The lowest BCUT2D eigenvalue weighted by molar-refractivity contribution is -0.391. The van der Waals surface area contributed by atoms with Gasteiger partial charge in [-0.15, -0.1) is 0 Å². The SMILES string of the molecule is Cn1c([N+](=O)[O-])cnc1CO.O=C(O)Oc1ccccc1. The highest BCUT2D eigenvalue weighted by molar-refractivity contribution is 5.60. The average Bonchev–Trinajstić information content (AvgIpc) is 2.81. The Labute approximate surface area is 119 Å². The molecule has 0 fully saturated rings. The number of nitrogens with zero attached hydrogens (tertiary/aromatic N) is 3. The molecule has 0 saturated carbocycles. The van der Waals surface area contributed by atoms with Crippen LogP contribution in [0.25, 0.3) is 0 Å². The van der Waals surface area contributed by atoms with Crippen LogP contribution in [0.5, 0.6) is 5.75 Å². The smallest absolute Gasteiger partial charge is 0.449 e. The van der Waals surface area contributed by atoms with Gasteiger partial charge in [-0.05, 0) is 17.1 Å². The number of nitro groups is 1. The van der Waals surface area contributed by atoms with E-state index in [0.29, 0.717) is 5.75 Å². The van der Waals surface area contributed by atoms with Gasteiger partial charge in [-0.25, -0.2) is 14.3 Å². The fraction of sp³-hybridized carbons (Fsp3) is 0.167. The van der Waals surface area contributed by atoms with E-state index in [4.69, 9.17) is 10.2 Å². The van der Waals surface area contributed by atoms with Gasteiger partial charge in [0.05, 0.1) is 7.05 Å². The Kier molecular flexibility index (Phi) is 5.83. The van der Waals surface area contributed by atoms with Crippen LogP contribution in [0.3, 0.4) is 0 Å². The van der Waals surface area contributed by atoms with Crippen LogP contribution in [-0.2, 0) is 13.7 Å². The molecule has 0 amide bonds. The summed E-state index contributed by atoms with van der Waals surface area (Å²) in [6.07, 6.45) is -0.169. The summed E-state index contributed by atoms with van der Waals surface area (Å²) in [6.45, 7) is -0.287. The number of rotatable bonds is 3. The van der Waals surface area contributed by atoms with E-state index >= 15 is 0 Å². The third kappa shape index (κ3) is 4.91. The van der Waals surface area contributed by atoms with Crippen molar-refractivity contribution in [1.82, 2.24) is 9.55 Å². The molecule has 0 aliphatic rings. The van der Waals surface area contributed by atoms with Gasteiger partial charge in [0, 0.05) is 0 Å². The van der Waals surface area contributed by atoms with Crippen molar-refractivity contribution >= 4 is 12.0 Å². The van der Waals surface area contributed by atoms with Crippen molar-refractivity contribution < 1.29 is 24.7 Å². The Morgan fingerprint density at radius 3 is 2.43 bits per heavy atom. The van der Waals surface area contributed by atoms with E-state index in [1.54, 1.807) is 30.3 Å². The van der Waals surface area contributed by atoms with Crippen LogP contribution in [0.4, 0.5) is 10.6 Å². The number of carbonyl (C=O) groups is 1. The first kappa shape index (κ1) is 16.1. The molecule has 21 heavy (non-hydrogen) atoms.